The molecular weight excluding hydrogens is 406 g/mol. The van der Waals surface area contributed by atoms with E-state index < -0.39 is 11.2 Å². The van der Waals surface area contributed by atoms with Gasteiger partial charge in [0.05, 0.1) is 11.1 Å². The van der Waals surface area contributed by atoms with E-state index in [2.05, 4.69) is 16.9 Å². The Bertz CT molecular complexity index is 1230. The summed E-state index contributed by atoms with van der Waals surface area (Å²) in [4.78, 5) is 47.4. The number of benzene rings is 1. The second-order valence-corrected chi connectivity index (χ2v) is 7.99. The lowest BCUT2D eigenvalue weighted by atomic mass is 10.1. The van der Waals surface area contributed by atoms with Gasteiger partial charge in [0.25, 0.3) is 11.5 Å². The van der Waals surface area contributed by atoms with Gasteiger partial charge in [0, 0.05) is 24.2 Å². The fourth-order valence-corrected chi connectivity index (χ4v) is 3.84. The first-order chi connectivity index (χ1) is 15.4. The number of nitrogens with one attached hydrogen (secondary N) is 1. The summed E-state index contributed by atoms with van der Waals surface area (Å²) < 4.78 is 1.34. The van der Waals surface area contributed by atoms with Crippen LogP contribution < -0.4 is 21.9 Å². The van der Waals surface area contributed by atoms with Crippen molar-refractivity contribution in [2.24, 2.45) is 0 Å². The molecule has 3 N–H and O–H groups in total. The van der Waals surface area contributed by atoms with Crippen LogP contribution in [-0.2, 0) is 6.54 Å². The number of para-hydroxylation sites is 1. The minimum atomic E-state index is -0.653. The van der Waals surface area contributed by atoms with Crippen LogP contribution in [0.5, 0.6) is 0 Å². The number of aromatic amines is 1. The van der Waals surface area contributed by atoms with Crippen LogP contribution >= 0.6 is 0 Å². The van der Waals surface area contributed by atoms with Gasteiger partial charge in [-0.2, -0.15) is 0 Å². The highest BCUT2D eigenvalue weighted by Crippen LogP contribution is 2.25. The molecule has 0 saturated carbocycles. The van der Waals surface area contributed by atoms with Gasteiger partial charge in [0.15, 0.2) is 5.69 Å². The number of aryl methyl sites for hydroxylation is 1. The minimum Gasteiger partial charge on any atom is -0.383 e. The molecule has 32 heavy (non-hydrogen) atoms. The maximum Gasteiger partial charge on any atom is 0.330 e. The molecule has 170 valence electrons. The molecule has 0 spiro atoms. The number of aromatic nitrogens is 3. The highest BCUT2D eigenvalue weighted by Gasteiger charge is 2.26. The zero-order valence-corrected chi connectivity index (χ0v) is 19.0. The molecule has 0 bridgehead atoms. The standard InChI is InChI=1S/C24H31N5O3/c1-4-6-10-14-28(20-21(25)29(13-7-5-2)24(32)27-22(20)30)23(31)18-15-16(3)26-19-12-9-8-11-17(18)19/h8-9,11-12,15H,4-7,10,13-14,25H2,1-3H3,(H,27,30,32). The van der Waals surface area contributed by atoms with Gasteiger partial charge < -0.3 is 10.6 Å². The average molecular weight is 438 g/mol. The molecule has 1 amide bonds. The average Bonchev–Trinajstić information content (AvgIpc) is 2.76. The first kappa shape index (κ1) is 23.2. The smallest absolute Gasteiger partial charge is 0.330 e. The third-order valence-electron chi connectivity index (χ3n) is 5.52. The number of H-pyrrole nitrogens is 1. The number of carbonyl (C=O) groups excluding carboxylic acids is 1. The van der Waals surface area contributed by atoms with Gasteiger partial charge in [0.1, 0.15) is 5.82 Å². The number of pyridine rings is 1. The number of nitrogens with zero attached hydrogens (tertiary/aromatic N) is 3. The van der Waals surface area contributed by atoms with Crippen LogP contribution in [-0.4, -0.2) is 27.0 Å². The number of nitrogens with two attached hydrogens (primary N) is 1. The fourth-order valence-electron chi connectivity index (χ4n) is 3.84. The summed E-state index contributed by atoms with van der Waals surface area (Å²) >= 11 is 0. The number of nitrogen functional groups attached to an aromatic ring is 1. The van der Waals surface area contributed by atoms with Crippen molar-refractivity contribution in [3.8, 4) is 0 Å². The molecule has 8 heteroatoms. The third kappa shape index (κ3) is 4.74. The van der Waals surface area contributed by atoms with E-state index in [-0.39, 0.29) is 17.4 Å². The third-order valence-corrected chi connectivity index (χ3v) is 5.52. The lowest BCUT2D eigenvalue weighted by Crippen LogP contribution is -2.41. The van der Waals surface area contributed by atoms with Crippen molar-refractivity contribution in [2.75, 3.05) is 17.2 Å². The molecule has 0 aliphatic carbocycles. The van der Waals surface area contributed by atoms with E-state index in [9.17, 15) is 14.4 Å². The molecule has 0 atom stereocenters. The first-order valence-electron chi connectivity index (χ1n) is 11.2. The van der Waals surface area contributed by atoms with E-state index in [1.54, 1.807) is 6.07 Å². The lowest BCUT2D eigenvalue weighted by molar-refractivity contribution is 0.0987. The molecule has 8 nitrogen and oxygen atoms in total. The number of hydrogen-bond acceptors (Lipinski definition) is 5. The molecule has 3 rings (SSSR count). The Morgan fingerprint density at radius 2 is 1.84 bits per heavy atom. The van der Waals surface area contributed by atoms with Crippen molar-refractivity contribution >= 4 is 28.3 Å². The quantitative estimate of drug-likeness (QED) is 0.496. The molecule has 1 aromatic carbocycles. The largest absolute Gasteiger partial charge is 0.383 e. The molecule has 2 heterocycles. The van der Waals surface area contributed by atoms with Crippen LogP contribution in [0.25, 0.3) is 10.9 Å². The maximum absolute atomic E-state index is 13.8. The molecule has 0 unspecified atom stereocenters. The summed E-state index contributed by atoms with van der Waals surface area (Å²) in [5.74, 6) is -0.312. The summed E-state index contributed by atoms with van der Waals surface area (Å²) in [7, 11) is 0. The molecule has 0 aliphatic rings. The van der Waals surface area contributed by atoms with Crippen LogP contribution in [0.2, 0.25) is 0 Å². The number of fused-ring (bicyclic) bond motifs is 1. The molecule has 0 aliphatic heterocycles. The van der Waals surface area contributed by atoms with Gasteiger partial charge >= 0.3 is 5.69 Å². The molecule has 0 radical (unpaired) electrons. The van der Waals surface area contributed by atoms with Crippen LogP contribution in [0, 0.1) is 6.92 Å². The van der Waals surface area contributed by atoms with Crippen molar-refractivity contribution in [1.29, 1.82) is 0 Å². The van der Waals surface area contributed by atoms with E-state index in [0.29, 0.717) is 41.7 Å². The van der Waals surface area contributed by atoms with Crippen LogP contribution in [0.1, 0.15) is 62.0 Å². The topological polar surface area (TPSA) is 114 Å². The summed E-state index contributed by atoms with van der Waals surface area (Å²) in [5, 5.41) is 0.706. The normalized spacial score (nSPS) is 11.1. The number of anilines is 2. The maximum atomic E-state index is 13.8. The summed E-state index contributed by atoms with van der Waals surface area (Å²) in [5.41, 5.74) is 7.01. The van der Waals surface area contributed by atoms with Crippen molar-refractivity contribution < 1.29 is 4.79 Å². The Kier molecular flexibility index (Phi) is 7.45. The number of carbonyl (C=O) groups is 1. The molecule has 2 aromatic heterocycles. The van der Waals surface area contributed by atoms with Crippen molar-refractivity contribution in [2.45, 2.75) is 59.4 Å². The van der Waals surface area contributed by atoms with Gasteiger partial charge in [-0.05, 0) is 31.9 Å². The van der Waals surface area contributed by atoms with E-state index in [4.69, 9.17) is 5.73 Å². The first-order valence-corrected chi connectivity index (χ1v) is 11.2. The fraction of sp³-hybridized carbons (Fsp3) is 0.417. The number of amides is 1. The van der Waals surface area contributed by atoms with Crippen LogP contribution in [0.15, 0.2) is 39.9 Å². The Morgan fingerprint density at radius 1 is 1.12 bits per heavy atom. The Hall–Kier alpha value is -3.42. The van der Waals surface area contributed by atoms with Gasteiger partial charge in [-0.25, -0.2) is 4.79 Å². The molecule has 0 saturated heterocycles. The molecular formula is C24H31N5O3. The van der Waals surface area contributed by atoms with Gasteiger partial charge in [0.2, 0.25) is 0 Å². The van der Waals surface area contributed by atoms with Crippen LogP contribution in [0.4, 0.5) is 11.5 Å². The number of unbranched alkanes of at least 4 members (excludes halogenated alkanes) is 3. The monoisotopic (exact) mass is 437 g/mol. The van der Waals surface area contributed by atoms with E-state index in [0.717, 1.165) is 25.7 Å². The summed E-state index contributed by atoms with van der Waals surface area (Å²) in [6.07, 6.45) is 4.15. The number of rotatable bonds is 9. The highest BCUT2D eigenvalue weighted by molar-refractivity contribution is 6.14. The highest BCUT2D eigenvalue weighted by atomic mass is 16.2. The van der Waals surface area contributed by atoms with Crippen molar-refractivity contribution in [1.82, 2.24) is 14.5 Å². The lowest BCUT2D eigenvalue weighted by Gasteiger charge is -2.25. The second kappa shape index (κ2) is 10.3. The van der Waals surface area contributed by atoms with Gasteiger partial charge in [-0.15, -0.1) is 0 Å². The van der Waals surface area contributed by atoms with Gasteiger partial charge in [-0.1, -0.05) is 51.3 Å². The Morgan fingerprint density at radius 3 is 2.56 bits per heavy atom. The second-order valence-electron chi connectivity index (χ2n) is 7.99. The zero-order valence-electron chi connectivity index (χ0n) is 19.0. The van der Waals surface area contributed by atoms with Crippen molar-refractivity contribution in [3.63, 3.8) is 0 Å². The van der Waals surface area contributed by atoms with Crippen molar-refractivity contribution in [3.05, 3.63) is 62.4 Å². The zero-order chi connectivity index (χ0) is 23.3. The minimum absolute atomic E-state index is 0.0205. The summed E-state index contributed by atoms with van der Waals surface area (Å²) in [6.45, 7) is 6.60. The Balaban J connectivity index is 2.18. The predicted octanol–water partition coefficient (Wildman–Crippen LogP) is 3.61. The Labute approximate surface area is 187 Å². The SMILES string of the molecule is CCCCCN(C(=O)c1cc(C)nc2ccccc12)c1c(N)n(CCCC)c(=O)[nH]c1=O. The molecule has 3 aromatic rings. The van der Waals surface area contributed by atoms with E-state index in [1.165, 1.54) is 9.47 Å². The predicted molar refractivity (Wildman–Crippen MR) is 128 cm³/mol. The van der Waals surface area contributed by atoms with E-state index in [1.807, 2.05) is 38.1 Å². The van der Waals surface area contributed by atoms with Crippen LogP contribution in [0.3, 0.4) is 0 Å². The number of hydrogen-bond donors (Lipinski definition) is 2. The van der Waals surface area contributed by atoms with Gasteiger partial charge in [-0.3, -0.25) is 24.1 Å². The molecule has 0 fully saturated rings. The summed E-state index contributed by atoms with van der Waals surface area (Å²) in [6, 6.07) is 9.15. The van der Waals surface area contributed by atoms with E-state index >= 15 is 0 Å².